The molecule has 0 saturated carbocycles. The Balaban J connectivity index is 0.000000500. The molecule has 1 heteroatoms. The van der Waals surface area contributed by atoms with Gasteiger partial charge >= 0.3 is 0 Å². The molecule has 1 aliphatic rings. The number of fused-ring (bicyclic) bond motifs is 1. The molecular formula is C9H9Zn-. The van der Waals surface area contributed by atoms with Crippen molar-refractivity contribution in [2.45, 2.75) is 19.3 Å². The number of aryl methyl sites for hydroxylation is 2. The van der Waals surface area contributed by atoms with Crippen molar-refractivity contribution in [2.24, 2.45) is 0 Å². The molecule has 1 aliphatic carbocycles. The first-order chi connectivity index (χ1) is 4.47. The van der Waals surface area contributed by atoms with Crippen molar-refractivity contribution in [3.63, 3.8) is 0 Å². The van der Waals surface area contributed by atoms with Crippen molar-refractivity contribution < 1.29 is 19.5 Å². The molecule has 0 fully saturated rings. The molecule has 0 bridgehead atoms. The van der Waals surface area contributed by atoms with Gasteiger partial charge in [0.2, 0.25) is 0 Å². The van der Waals surface area contributed by atoms with Crippen molar-refractivity contribution in [1.82, 2.24) is 0 Å². The Kier molecular flexibility index (Phi) is 2.62. The number of hydrogen-bond donors (Lipinski definition) is 0. The van der Waals surface area contributed by atoms with E-state index in [1.807, 2.05) is 6.07 Å². The van der Waals surface area contributed by atoms with Gasteiger partial charge in [-0.05, 0) is 0 Å². The SMILES string of the molecule is [Zn].[c-]1ccc2c(c1)CCC2. The first kappa shape index (κ1) is 7.94. The fourth-order valence-corrected chi connectivity index (χ4v) is 1.44. The Morgan fingerprint density at radius 1 is 1.20 bits per heavy atom. The van der Waals surface area contributed by atoms with Gasteiger partial charge in [0.15, 0.2) is 0 Å². The van der Waals surface area contributed by atoms with Crippen molar-refractivity contribution in [3.8, 4) is 0 Å². The van der Waals surface area contributed by atoms with Crippen LogP contribution in [0.15, 0.2) is 18.2 Å². The normalized spacial score (nSPS) is 14.0. The minimum atomic E-state index is 0. The van der Waals surface area contributed by atoms with Gasteiger partial charge in [0, 0.05) is 19.5 Å². The zero-order valence-corrected chi connectivity index (χ0v) is 9.03. The number of rotatable bonds is 0. The first-order valence-electron chi connectivity index (χ1n) is 3.45. The van der Waals surface area contributed by atoms with E-state index in [0.29, 0.717) is 0 Å². The van der Waals surface area contributed by atoms with Gasteiger partial charge in [0.25, 0.3) is 0 Å². The van der Waals surface area contributed by atoms with E-state index in [-0.39, 0.29) is 19.5 Å². The molecule has 0 radical (unpaired) electrons. The van der Waals surface area contributed by atoms with Gasteiger partial charge in [-0.1, -0.05) is 19.3 Å². The zero-order valence-electron chi connectivity index (χ0n) is 6.06. The minimum Gasteiger partial charge on any atom is -0.184 e. The molecule has 2 rings (SSSR count). The average Bonchev–Trinajstić information content (AvgIpc) is 2.33. The van der Waals surface area contributed by atoms with E-state index in [2.05, 4.69) is 18.2 Å². The van der Waals surface area contributed by atoms with E-state index < -0.39 is 0 Å². The molecular weight excluding hydrogens is 173 g/mol. The van der Waals surface area contributed by atoms with Crippen molar-refractivity contribution >= 4 is 0 Å². The van der Waals surface area contributed by atoms with E-state index in [9.17, 15) is 0 Å². The third-order valence-corrected chi connectivity index (χ3v) is 1.94. The second-order valence-electron chi connectivity index (χ2n) is 2.55. The monoisotopic (exact) mass is 181 g/mol. The van der Waals surface area contributed by atoms with Crippen LogP contribution in [0.1, 0.15) is 17.5 Å². The summed E-state index contributed by atoms with van der Waals surface area (Å²) in [6.07, 6.45) is 3.89. The molecule has 1 aromatic carbocycles. The fourth-order valence-electron chi connectivity index (χ4n) is 1.44. The maximum absolute atomic E-state index is 3.09. The first-order valence-corrected chi connectivity index (χ1v) is 3.45. The number of hydrogen-bond acceptors (Lipinski definition) is 0. The van der Waals surface area contributed by atoms with E-state index in [1.54, 1.807) is 0 Å². The average molecular weight is 183 g/mol. The predicted molar refractivity (Wildman–Crippen MR) is 37.3 cm³/mol. The summed E-state index contributed by atoms with van der Waals surface area (Å²) in [5.41, 5.74) is 3.05. The van der Waals surface area contributed by atoms with Gasteiger partial charge in [0.05, 0.1) is 0 Å². The molecule has 10 heavy (non-hydrogen) atoms. The summed E-state index contributed by atoms with van der Waals surface area (Å²) in [7, 11) is 0. The topological polar surface area (TPSA) is 0 Å². The molecule has 0 saturated heterocycles. The van der Waals surface area contributed by atoms with Crippen LogP contribution in [0, 0.1) is 6.07 Å². The van der Waals surface area contributed by atoms with Crippen LogP contribution in [0.2, 0.25) is 0 Å². The van der Waals surface area contributed by atoms with E-state index in [4.69, 9.17) is 0 Å². The summed E-state index contributed by atoms with van der Waals surface area (Å²) in [5.74, 6) is 0. The van der Waals surface area contributed by atoms with Gasteiger partial charge in [-0.15, -0.1) is 0 Å². The van der Waals surface area contributed by atoms with Crippen molar-refractivity contribution in [1.29, 1.82) is 0 Å². The van der Waals surface area contributed by atoms with Crippen LogP contribution in [0.5, 0.6) is 0 Å². The summed E-state index contributed by atoms with van der Waals surface area (Å²) >= 11 is 0. The predicted octanol–water partition coefficient (Wildman–Crippen LogP) is 1.97. The Morgan fingerprint density at radius 3 is 2.80 bits per heavy atom. The van der Waals surface area contributed by atoms with E-state index in [1.165, 1.54) is 30.4 Å². The van der Waals surface area contributed by atoms with Crippen LogP contribution in [0.3, 0.4) is 0 Å². The maximum Gasteiger partial charge on any atom is 0 e. The Bertz CT molecular complexity index is 195. The number of benzene rings is 1. The van der Waals surface area contributed by atoms with Gasteiger partial charge < -0.3 is 0 Å². The molecule has 0 aliphatic heterocycles. The van der Waals surface area contributed by atoms with Gasteiger partial charge in [-0.2, -0.15) is 35.4 Å². The van der Waals surface area contributed by atoms with Crippen molar-refractivity contribution in [2.75, 3.05) is 0 Å². The smallest absolute Gasteiger partial charge is 0 e. The molecule has 48 valence electrons. The summed E-state index contributed by atoms with van der Waals surface area (Å²) in [4.78, 5) is 0. The summed E-state index contributed by atoms with van der Waals surface area (Å²) in [6.45, 7) is 0. The molecule has 0 amide bonds. The van der Waals surface area contributed by atoms with Crippen LogP contribution in [0.4, 0.5) is 0 Å². The van der Waals surface area contributed by atoms with E-state index in [0.717, 1.165) is 0 Å². The van der Waals surface area contributed by atoms with Crippen LogP contribution >= 0.6 is 0 Å². The molecule has 1 aromatic rings. The van der Waals surface area contributed by atoms with Gasteiger partial charge in [0.1, 0.15) is 0 Å². The largest absolute Gasteiger partial charge is 0.184 e. The Labute approximate surface area is 74.4 Å². The molecule has 0 atom stereocenters. The third kappa shape index (κ3) is 1.29. The summed E-state index contributed by atoms with van der Waals surface area (Å²) < 4.78 is 0. The quantitative estimate of drug-likeness (QED) is 0.425. The molecule has 0 aromatic heterocycles. The second kappa shape index (κ2) is 3.30. The fraction of sp³-hybridized carbons (Fsp3) is 0.333. The zero-order chi connectivity index (χ0) is 6.10. The molecule has 0 heterocycles. The summed E-state index contributed by atoms with van der Waals surface area (Å²) in [6, 6.07) is 9.39. The third-order valence-electron chi connectivity index (χ3n) is 1.94. The molecule has 0 spiro atoms. The van der Waals surface area contributed by atoms with Gasteiger partial charge in [-0.3, -0.25) is 0 Å². The van der Waals surface area contributed by atoms with Crippen LogP contribution in [-0.4, -0.2) is 0 Å². The summed E-state index contributed by atoms with van der Waals surface area (Å²) in [5, 5.41) is 0. The molecule has 0 unspecified atom stereocenters. The van der Waals surface area contributed by atoms with Crippen LogP contribution in [-0.2, 0) is 32.3 Å². The van der Waals surface area contributed by atoms with Crippen LogP contribution < -0.4 is 0 Å². The second-order valence-corrected chi connectivity index (χ2v) is 2.55. The van der Waals surface area contributed by atoms with Gasteiger partial charge in [-0.25, -0.2) is 0 Å². The van der Waals surface area contributed by atoms with Crippen LogP contribution in [0.25, 0.3) is 0 Å². The molecule has 0 N–H and O–H groups in total. The van der Waals surface area contributed by atoms with E-state index >= 15 is 0 Å². The standard InChI is InChI=1S/C9H9.Zn/c1-2-5-9-7-3-6-8(9)4-1;/h1,4-5H,3,6-7H2;/q-1;. The minimum absolute atomic E-state index is 0. The van der Waals surface area contributed by atoms with Crippen molar-refractivity contribution in [3.05, 3.63) is 35.4 Å². The Morgan fingerprint density at radius 2 is 2.00 bits per heavy atom. The Hall–Kier alpha value is -0.157. The molecule has 0 nitrogen and oxygen atoms in total. The maximum atomic E-state index is 3.09.